The van der Waals surface area contributed by atoms with Crippen LogP contribution in [0.1, 0.15) is 46.1 Å². The van der Waals surface area contributed by atoms with Crippen molar-refractivity contribution in [2.75, 3.05) is 0 Å². The average molecular weight is 312 g/mol. The number of nitrogens with one attached hydrogen (secondary N) is 1. The van der Waals surface area contributed by atoms with E-state index in [-0.39, 0.29) is 0 Å². The molecule has 0 aliphatic rings. The van der Waals surface area contributed by atoms with Crippen molar-refractivity contribution >= 4 is 15.9 Å². The van der Waals surface area contributed by atoms with Crippen LogP contribution in [-0.4, -0.2) is 6.04 Å². The zero-order valence-electron chi connectivity index (χ0n) is 12.0. The Bertz CT molecular complexity index is 337. The summed E-state index contributed by atoms with van der Waals surface area (Å²) in [5.41, 5.74) is 1.35. The Morgan fingerprint density at radius 1 is 1.06 bits per heavy atom. The molecule has 0 amide bonds. The van der Waals surface area contributed by atoms with E-state index < -0.39 is 0 Å². The first-order valence-corrected chi connectivity index (χ1v) is 7.74. The molecule has 0 heterocycles. The van der Waals surface area contributed by atoms with E-state index in [4.69, 9.17) is 0 Å². The van der Waals surface area contributed by atoms with Gasteiger partial charge in [0, 0.05) is 17.1 Å². The van der Waals surface area contributed by atoms with Gasteiger partial charge in [0.2, 0.25) is 0 Å². The summed E-state index contributed by atoms with van der Waals surface area (Å²) in [4.78, 5) is 0. The minimum atomic E-state index is 0.629. The van der Waals surface area contributed by atoms with Crippen LogP contribution in [0.25, 0.3) is 0 Å². The molecule has 1 aromatic rings. The monoisotopic (exact) mass is 311 g/mol. The summed E-state index contributed by atoms with van der Waals surface area (Å²) in [6.45, 7) is 10.2. The molecule has 0 spiro atoms. The zero-order chi connectivity index (χ0) is 13.5. The van der Waals surface area contributed by atoms with E-state index in [2.05, 4.69) is 73.2 Å². The third-order valence-electron chi connectivity index (χ3n) is 3.00. The van der Waals surface area contributed by atoms with Gasteiger partial charge in [-0.1, -0.05) is 55.8 Å². The van der Waals surface area contributed by atoms with Gasteiger partial charge in [0.1, 0.15) is 0 Å². The molecule has 0 aromatic heterocycles. The third-order valence-corrected chi connectivity index (χ3v) is 3.49. The van der Waals surface area contributed by atoms with Crippen molar-refractivity contribution in [2.45, 2.75) is 53.1 Å². The average Bonchev–Trinajstić information content (AvgIpc) is 2.24. The normalized spacial score (nSPS) is 11.8. The zero-order valence-corrected chi connectivity index (χ0v) is 13.6. The molecule has 1 aromatic carbocycles. The molecule has 18 heavy (non-hydrogen) atoms. The number of hydrogen-bond acceptors (Lipinski definition) is 1. The largest absolute Gasteiger partial charge is 0.310 e. The summed E-state index contributed by atoms with van der Waals surface area (Å²) in [5.74, 6) is 1.51. The highest BCUT2D eigenvalue weighted by Gasteiger charge is 2.12. The smallest absolute Gasteiger partial charge is 0.0208 e. The van der Waals surface area contributed by atoms with Gasteiger partial charge in [-0.3, -0.25) is 0 Å². The van der Waals surface area contributed by atoms with Crippen LogP contribution in [0.4, 0.5) is 0 Å². The Balaban J connectivity index is 2.50. The van der Waals surface area contributed by atoms with Gasteiger partial charge in [-0.2, -0.15) is 0 Å². The van der Waals surface area contributed by atoms with Crippen molar-refractivity contribution in [3.63, 3.8) is 0 Å². The summed E-state index contributed by atoms with van der Waals surface area (Å²) >= 11 is 3.52. The van der Waals surface area contributed by atoms with E-state index in [9.17, 15) is 0 Å². The fourth-order valence-corrected chi connectivity index (χ4v) is 2.76. The standard InChI is InChI=1S/C16H26BrN/c1-12(2)8-16(9-13(3)4)18-11-14-6-5-7-15(17)10-14/h5-7,10,12-13,16,18H,8-9,11H2,1-4H3. The second-order valence-electron chi connectivity index (χ2n) is 5.97. The topological polar surface area (TPSA) is 12.0 Å². The lowest BCUT2D eigenvalue weighted by Crippen LogP contribution is -2.31. The Hall–Kier alpha value is -0.340. The van der Waals surface area contributed by atoms with Crippen LogP contribution in [0.3, 0.4) is 0 Å². The van der Waals surface area contributed by atoms with Crippen LogP contribution in [-0.2, 0) is 6.54 Å². The Morgan fingerprint density at radius 3 is 2.17 bits per heavy atom. The minimum Gasteiger partial charge on any atom is -0.310 e. The first kappa shape index (κ1) is 15.7. The van der Waals surface area contributed by atoms with Crippen molar-refractivity contribution in [3.8, 4) is 0 Å². The molecule has 0 unspecified atom stereocenters. The van der Waals surface area contributed by atoms with Crippen LogP contribution in [0.15, 0.2) is 28.7 Å². The third kappa shape index (κ3) is 6.55. The van der Waals surface area contributed by atoms with E-state index in [0.717, 1.165) is 22.9 Å². The fraction of sp³-hybridized carbons (Fsp3) is 0.625. The maximum absolute atomic E-state index is 3.71. The van der Waals surface area contributed by atoms with Crippen LogP contribution in [0.2, 0.25) is 0 Å². The summed E-state index contributed by atoms with van der Waals surface area (Å²) in [6.07, 6.45) is 2.51. The highest BCUT2D eigenvalue weighted by molar-refractivity contribution is 9.10. The second-order valence-corrected chi connectivity index (χ2v) is 6.88. The van der Waals surface area contributed by atoms with E-state index in [0.29, 0.717) is 6.04 Å². The number of benzene rings is 1. The second kappa shape index (κ2) is 7.96. The Morgan fingerprint density at radius 2 is 1.67 bits per heavy atom. The molecule has 0 saturated heterocycles. The number of rotatable bonds is 7. The molecule has 2 heteroatoms. The molecule has 1 nitrogen and oxygen atoms in total. The van der Waals surface area contributed by atoms with Gasteiger partial charge in [-0.05, 0) is 42.4 Å². The molecule has 0 atom stereocenters. The SMILES string of the molecule is CC(C)CC(CC(C)C)NCc1cccc(Br)c1. The molecule has 0 fully saturated rings. The highest BCUT2D eigenvalue weighted by Crippen LogP contribution is 2.15. The minimum absolute atomic E-state index is 0.629. The molecule has 102 valence electrons. The van der Waals surface area contributed by atoms with Crippen molar-refractivity contribution in [3.05, 3.63) is 34.3 Å². The van der Waals surface area contributed by atoms with Crippen molar-refractivity contribution in [1.82, 2.24) is 5.32 Å². The fourth-order valence-electron chi connectivity index (χ4n) is 2.31. The van der Waals surface area contributed by atoms with E-state index in [1.165, 1.54) is 18.4 Å². The van der Waals surface area contributed by atoms with E-state index in [1.807, 2.05) is 0 Å². The molecule has 0 radical (unpaired) electrons. The lowest BCUT2D eigenvalue weighted by molar-refractivity contribution is 0.358. The van der Waals surface area contributed by atoms with Gasteiger partial charge in [-0.25, -0.2) is 0 Å². The molecular formula is C16H26BrN. The predicted molar refractivity (Wildman–Crippen MR) is 83.7 cm³/mol. The van der Waals surface area contributed by atoms with Crippen LogP contribution in [0.5, 0.6) is 0 Å². The van der Waals surface area contributed by atoms with E-state index >= 15 is 0 Å². The first-order valence-electron chi connectivity index (χ1n) is 6.95. The van der Waals surface area contributed by atoms with Crippen LogP contribution < -0.4 is 5.32 Å². The maximum atomic E-state index is 3.71. The Kier molecular flexibility index (Phi) is 6.95. The van der Waals surface area contributed by atoms with Crippen molar-refractivity contribution in [2.24, 2.45) is 11.8 Å². The lowest BCUT2D eigenvalue weighted by atomic mass is 9.95. The number of hydrogen-bond donors (Lipinski definition) is 1. The van der Waals surface area contributed by atoms with Gasteiger partial charge < -0.3 is 5.32 Å². The molecule has 1 rings (SSSR count). The molecule has 0 saturated carbocycles. The van der Waals surface area contributed by atoms with Crippen LogP contribution in [0, 0.1) is 11.8 Å². The lowest BCUT2D eigenvalue weighted by Gasteiger charge is -2.22. The van der Waals surface area contributed by atoms with Gasteiger partial charge in [0.25, 0.3) is 0 Å². The molecule has 0 aliphatic heterocycles. The maximum Gasteiger partial charge on any atom is 0.0208 e. The Labute approximate surface area is 120 Å². The number of halogens is 1. The van der Waals surface area contributed by atoms with Gasteiger partial charge in [-0.15, -0.1) is 0 Å². The predicted octanol–water partition coefficient (Wildman–Crippen LogP) is 5.00. The van der Waals surface area contributed by atoms with Crippen LogP contribution >= 0.6 is 15.9 Å². The molecule has 0 bridgehead atoms. The quantitative estimate of drug-likeness (QED) is 0.747. The summed E-state index contributed by atoms with van der Waals surface area (Å²) in [7, 11) is 0. The summed E-state index contributed by atoms with van der Waals surface area (Å²) in [5, 5.41) is 3.71. The van der Waals surface area contributed by atoms with E-state index in [1.54, 1.807) is 0 Å². The van der Waals surface area contributed by atoms with Crippen molar-refractivity contribution < 1.29 is 0 Å². The van der Waals surface area contributed by atoms with Crippen molar-refractivity contribution in [1.29, 1.82) is 0 Å². The summed E-state index contributed by atoms with van der Waals surface area (Å²) in [6, 6.07) is 9.17. The van der Waals surface area contributed by atoms with Gasteiger partial charge in [0.15, 0.2) is 0 Å². The molecule has 0 aliphatic carbocycles. The van der Waals surface area contributed by atoms with Gasteiger partial charge in [0.05, 0.1) is 0 Å². The van der Waals surface area contributed by atoms with Gasteiger partial charge >= 0.3 is 0 Å². The summed E-state index contributed by atoms with van der Waals surface area (Å²) < 4.78 is 1.16. The first-order chi connectivity index (χ1) is 8.47. The molecular weight excluding hydrogens is 286 g/mol. The highest BCUT2D eigenvalue weighted by atomic mass is 79.9. The molecule has 1 N–H and O–H groups in total.